The van der Waals surface area contributed by atoms with Crippen molar-refractivity contribution in [3.63, 3.8) is 0 Å². The molecule has 142 valence electrons. The standard InChI is InChI=1S/C18H16F3N3O2S/c1-24(2)10-12-7-6-11-4-3-5-16(18(11)22-12)23-27(25,26)17-9-14(20)13(19)8-15(17)21/h3-9,23H,10H2,1-2H3. The Balaban J connectivity index is 2.06. The molecule has 0 aliphatic rings. The third-order valence-electron chi connectivity index (χ3n) is 3.76. The lowest BCUT2D eigenvalue weighted by atomic mass is 10.2. The van der Waals surface area contributed by atoms with Crippen LogP contribution in [-0.2, 0) is 16.6 Å². The van der Waals surface area contributed by atoms with E-state index in [-0.39, 0.29) is 11.8 Å². The molecule has 2 aromatic carbocycles. The topological polar surface area (TPSA) is 62.3 Å². The highest BCUT2D eigenvalue weighted by molar-refractivity contribution is 7.92. The highest BCUT2D eigenvalue weighted by Crippen LogP contribution is 2.26. The molecule has 0 aliphatic carbocycles. The molecule has 0 amide bonds. The van der Waals surface area contributed by atoms with Gasteiger partial charge in [0, 0.05) is 24.1 Å². The maximum Gasteiger partial charge on any atom is 0.264 e. The van der Waals surface area contributed by atoms with E-state index in [9.17, 15) is 21.6 Å². The zero-order chi connectivity index (χ0) is 19.8. The van der Waals surface area contributed by atoms with E-state index in [1.807, 2.05) is 25.1 Å². The van der Waals surface area contributed by atoms with Crippen LogP contribution in [0.1, 0.15) is 5.69 Å². The van der Waals surface area contributed by atoms with E-state index >= 15 is 0 Å². The number of nitrogens with zero attached hydrogens (tertiary/aromatic N) is 2. The number of nitrogens with one attached hydrogen (secondary N) is 1. The molecule has 0 fully saturated rings. The molecule has 0 bridgehead atoms. The number of benzene rings is 2. The van der Waals surface area contributed by atoms with Crippen molar-refractivity contribution in [2.24, 2.45) is 0 Å². The van der Waals surface area contributed by atoms with E-state index in [2.05, 4.69) is 9.71 Å². The minimum Gasteiger partial charge on any atom is -0.304 e. The first kappa shape index (κ1) is 19.1. The van der Waals surface area contributed by atoms with Gasteiger partial charge in [-0.25, -0.2) is 26.6 Å². The van der Waals surface area contributed by atoms with Crippen LogP contribution >= 0.6 is 0 Å². The Kier molecular flexibility index (Phi) is 5.07. The normalized spacial score (nSPS) is 11.9. The Morgan fingerprint density at radius 1 is 1.00 bits per heavy atom. The minimum atomic E-state index is -4.49. The smallest absolute Gasteiger partial charge is 0.264 e. The number of aromatic nitrogens is 1. The van der Waals surface area contributed by atoms with Crippen LogP contribution in [0.5, 0.6) is 0 Å². The summed E-state index contributed by atoms with van der Waals surface area (Å²) in [6.45, 7) is 0.537. The molecular weight excluding hydrogens is 379 g/mol. The quantitative estimate of drug-likeness (QED) is 0.672. The Labute approximate surface area is 154 Å². The van der Waals surface area contributed by atoms with Crippen molar-refractivity contribution in [2.45, 2.75) is 11.4 Å². The van der Waals surface area contributed by atoms with Crippen LogP contribution in [0.4, 0.5) is 18.9 Å². The second-order valence-electron chi connectivity index (χ2n) is 6.22. The molecule has 0 spiro atoms. The zero-order valence-electron chi connectivity index (χ0n) is 14.5. The molecule has 5 nitrogen and oxygen atoms in total. The molecule has 1 N–H and O–H groups in total. The number of halogens is 3. The fourth-order valence-corrected chi connectivity index (χ4v) is 3.73. The van der Waals surface area contributed by atoms with Gasteiger partial charge in [0.15, 0.2) is 11.6 Å². The summed E-state index contributed by atoms with van der Waals surface area (Å²) < 4.78 is 67.6. The SMILES string of the molecule is CN(C)Cc1ccc2cccc(NS(=O)(=O)c3cc(F)c(F)cc3F)c2n1. The van der Waals surface area contributed by atoms with Crippen LogP contribution in [-0.4, -0.2) is 32.4 Å². The molecule has 0 atom stereocenters. The molecule has 0 unspecified atom stereocenters. The highest BCUT2D eigenvalue weighted by atomic mass is 32.2. The van der Waals surface area contributed by atoms with E-state index in [4.69, 9.17) is 0 Å². The predicted octanol–water partition coefficient (Wildman–Crippen LogP) is 3.51. The summed E-state index contributed by atoms with van der Waals surface area (Å²) in [5, 5.41) is 0.670. The Morgan fingerprint density at radius 2 is 1.70 bits per heavy atom. The van der Waals surface area contributed by atoms with Crippen LogP contribution in [0.3, 0.4) is 0 Å². The average Bonchev–Trinajstić information content (AvgIpc) is 2.57. The third-order valence-corrected chi connectivity index (χ3v) is 5.15. The third kappa shape index (κ3) is 4.04. The van der Waals surface area contributed by atoms with Crippen molar-refractivity contribution in [3.05, 3.63) is 65.6 Å². The van der Waals surface area contributed by atoms with E-state index in [1.54, 1.807) is 18.2 Å². The predicted molar refractivity (Wildman–Crippen MR) is 96.3 cm³/mol. The molecule has 1 aromatic heterocycles. The summed E-state index contributed by atoms with van der Waals surface area (Å²) in [5.74, 6) is -4.31. The Morgan fingerprint density at radius 3 is 2.41 bits per heavy atom. The molecule has 9 heteroatoms. The number of hydrogen-bond acceptors (Lipinski definition) is 4. The second-order valence-corrected chi connectivity index (χ2v) is 7.87. The van der Waals surface area contributed by atoms with Crippen molar-refractivity contribution in [2.75, 3.05) is 18.8 Å². The maximum atomic E-state index is 13.9. The van der Waals surface area contributed by atoms with E-state index in [0.717, 1.165) is 0 Å². The van der Waals surface area contributed by atoms with Gasteiger partial charge in [0.25, 0.3) is 10.0 Å². The van der Waals surface area contributed by atoms with Crippen LogP contribution in [0.2, 0.25) is 0 Å². The molecule has 1 heterocycles. The molecule has 3 rings (SSSR count). The van der Waals surface area contributed by atoms with E-state index in [1.165, 1.54) is 6.07 Å². The minimum absolute atomic E-state index is 0.109. The monoisotopic (exact) mass is 395 g/mol. The van der Waals surface area contributed by atoms with Crippen molar-refractivity contribution in [1.29, 1.82) is 0 Å². The van der Waals surface area contributed by atoms with Crippen molar-refractivity contribution >= 4 is 26.6 Å². The van der Waals surface area contributed by atoms with Gasteiger partial charge < -0.3 is 4.90 Å². The second kappa shape index (κ2) is 7.16. The van der Waals surface area contributed by atoms with Crippen LogP contribution in [0, 0.1) is 17.5 Å². The summed E-state index contributed by atoms with van der Waals surface area (Å²) in [4.78, 5) is 5.37. The largest absolute Gasteiger partial charge is 0.304 e. The van der Waals surface area contributed by atoms with Gasteiger partial charge in [-0.15, -0.1) is 0 Å². The number of fused-ring (bicyclic) bond motifs is 1. The van der Waals surface area contributed by atoms with Gasteiger partial charge in [0.05, 0.1) is 16.9 Å². The van der Waals surface area contributed by atoms with E-state index in [0.29, 0.717) is 29.2 Å². The molecule has 27 heavy (non-hydrogen) atoms. The molecular formula is C18H16F3N3O2S. The Bertz CT molecular complexity index is 1120. The van der Waals surface area contributed by atoms with E-state index < -0.39 is 32.4 Å². The first-order valence-electron chi connectivity index (χ1n) is 7.88. The summed E-state index contributed by atoms with van der Waals surface area (Å²) in [6.07, 6.45) is 0. The number of hydrogen-bond donors (Lipinski definition) is 1. The van der Waals surface area contributed by atoms with Gasteiger partial charge in [0.1, 0.15) is 10.7 Å². The zero-order valence-corrected chi connectivity index (χ0v) is 15.3. The lowest BCUT2D eigenvalue weighted by Crippen LogP contribution is -2.16. The maximum absolute atomic E-state index is 13.9. The molecule has 0 saturated carbocycles. The highest BCUT2D eigenvalue weighted by Gasteiger charge is 2.23. The number of para-hydroxylation sites is 1. The molecule has 3 aromatic rings. The fraction of sp³-hybridized carbons (Fsp3) is 0.167. The molecule has 0 radical (unpaired) electrons. The summed E-state index contributed by atoms with van der Waals surface area (Å²) in [7, 11) is -0.758. The van der Waals surface area contributed by atoms with Gasteiger partial charge in [-0.2, -0.15) is 0 Å². The number of pyridine rings is 1. The Hall–Kier alpha value is -2.65. The lowest BCUT2D eigenvalue weighted by Gasteiger charge is -2.13. The number of anilines is 1. The van der Waals surface area contributed by atoms with Gasteiger partial charge in [-0.3, -0.25) is 4.72 Å². The lowest BCUT2D eigenvalue weighted by molar-refractivity contribution is 0.397. The summed E-state index contributed by atoms with van der Waals surface area (Å²) >= 11 is 0. The number of sulfonamides is 1. The average molecular weight is 395 g/mol. The van der Waals surface area contributed by atoms with Crippen molar-refractivity contribution in [1.82, 2.24) is 9.88 Å². The van der Waals surface area contributed by atoms with Crippen molar-refractivity contribution in [3.8, 4) is 0 Å². The summed E-state index contributed by atoms with van der Waals surface area (Å²) in [5.41, 5.74) is 1.18. The van der Waals surface area contributed by atoms with Gasteiger partial charge in [-0.1, -0.05) is 18.2 Å². The van der Waals surface area contributed by atoms with Crippen molar-refractivity contribution < 1.29 is 21.6 Å². The number of rotatable bonds is 5. The van der Waals surface area contributed by atoms with Gasteiger partial charge in [-0.05, 0) is 26.2 Å². The van der Waals surface area contributed by atoms with Gasteiger partial charge >= 0.3 is 0 Å². The van der Waals surface area contributed by atoms with Gasteiger partial charge in [0.2, 0.25) is 0 Å². The van der Waals surface area contributed by atoms with Crippen LogP contribution in [0.25, 0.3) is 10.9 Å². The molecule has 0 saturated heterocycles. The summed E-state index contributed by atoms with van der Waals surface area (Å²) in [6, 6.07) is 8.92. The molecule has 0 aliphatic heterocycles. The first-order valence-corrected chi connectivity index (χ1v) is 9.36. The first-order chi connectivity index (χ1) is 12.7. The fourth-order valence-electron chi connectivity index (χ4n) is 2.59. The van der Waals surface area contributed by atoms with Crippen LogP contribution in [0.15, 0.2) is 47.4 Å². The van der Waals surface area contributed by atoms with Crippen LogP contribution < -0.4 is 4.72 Å².